The molecule has 0 spiro atoms. The third-order valence-electron chi connectivity index (χ3n) is 3.89. The van der Waals surface area contributed by atoms with Crippen LogP contribution < -0.4 is 0 Å². The zero-order valence-corrected chi connectivity index (χ0v) is 13.0. The second kappa shape index (κ2) is 6.13. The number of carboxylic acid groups (broad SMARTS) is 1. The van der Waals surface area contributed by atoms with Crippen molar-refractivity contribution in [2.45, 2.75) is 23.8 Å². The molecule has 6 nitrogen and oxygen atoms in total. The number of benzene rings is 1. The van der Waals surface area contributed by atoms with E-state index in [9.17, 15) is 13.2 Å². The van der Waals surface area contributed by atoms with Crippen molar-refractivity contribution in [1.82, 2.24) is 9.21 Å². The monoisotopic (exact) mass is 312 g/mol. The van der Waals surface area contributed by atoms with E-state index in [2.05, 4.69) is 4.90 Å². The Morgan fingerprint density at radius 3 is 2.33 bits per heavy atom. The van der Waals surface area contributed by atoms with Crippen molar-refractivity contribution in [3.63, 3.8) is 0 Å². The van der Waals surface area contributed by atoms with Gasteiger partial charge in [-0.15, -0.1) is 0 Å². The molecule has 0 atom stereocenters. The highest BCUT2D eigenvalue weighted by molar-refractivity contribution is 7.89. The molecule has 21 heavy (non-hydrogen) atoms. The summed E-state index contributed by atoms with van der Waals surface area (Å²) in [6.07, 6.45) is 1.50. The van der Waals surface area contributed by atoms with Gasteiger partial charge in [0.05, 0.1) is 10.5 Å². The molecule has 1 saturated heterocycles. The van der Waals surface area contributed by atoms with Gasteiger partial charge >= 0.3 is 5.97 Å². The number of sulfonamides is 1. The number of nitrogens with zero attached hydrogens (tertiary/aromatic N) is 2. The summed E-state index contributed by atoms with van der Waals surface area (Å²) in [5.74, 6) is -1.22. The third kappa shape index (κ3) is 3.25. The van der Waals surface area contributed by atoms with E-state index in [1.807, 2.05) is 14.1 Å². The molecule has 0 amide bonds. The lowest BCUT2D eigenvalue weighted by molar-refractivity contribution is 0.0692. The van der Waals surface area contributed by atoms with Crippen LogP contribution in [0.15, 0.2) is 29.2 Å². The van der Waals surface area contributed by atoms with Gasteiger partial charge < -0.3 is 10.0 Å². The lowest BCUT2D eigenvalue weighted by Crippen LogP contribution is -2.44. The molecule has 1 aliphatic heterocycles. The third-order valence-corrected chi connectivity index (χ3v) is 5.85. The Bertz CT molecular complexity index is 620. The van der Waals surface area contributed by atoms with Gasteiger partial charge in [0.1, 0.15) is 0 Å². The van der Waals surface area contributed by atoms with E-state index in [1.54, 1.807) is 6.07 Å². The summed E-state index contributed by atoms with van der Waals surface area (Å²) in [6, 6.07) is 6.12. The number of rotatable bonds is 4. The Kier molecular flexibility index (Phi) is 4.65. The highest BCUT2D eigenvalue weighted by Crippen LogP contribution is 2.24. The molecule has 2 rings (SSSR count). The summed E-state index contributed by atoms with van der Waals surface area (Å²) in [7, 11) is 0.209. The highest BCUT2D eigenvalue weighted by Gasteiger charge is 2.32. The molecule has 0 saturated carbocycles. The fourth-order valence-electron chi connectivity index (χ4n) is 2.61. The number of aromatic carboxylic acids is 1. The van der Waals surface area contributed by atoms with Gasteiger partial charge in [0.2, 0.25) is 10.0 Å². The van der Waals surface area contributed by atoms with Gasteiger partial charge in [-0.05, 0) is 39.1 Å². The van der Waals surface area contributed by atoms with Crippen molar-refractivity contribution in [2.24, 2.45) is 0 Å². The number of piperidine rings is 1. The minimum Gasteiger partial charge on any atom is -0.478 e. The summed E-state index contributed by atoms with van der Waals surface area (Å²) in [6.45, 7) is 0.832. The summed E-state index contributed by atoms with van der Waals surface area (Å²) in [5, 5.41) is 9.15. The number of hydrogen-bond donors (Lipinski definition) is 1. The molecule has 0 radical (unpaired) electrons. The zero-order chi connectivity index (χ0) is 15.6. The maximum Gasteiger partial charge on any atom is 0.337 e. The first-order valence-corrected chi connectivity index (χ1v) is 8.27. The number of carboxylic acids is 1. The summed E-state index contributed by atoms with van der Waals surface area (Å²) >= 11 is 0. The Balaban J connectivity index is 2.26. The lowest BCUT2D eigenvalue weighted by atomic mass is 10.1. The molecule has 7 heteroatoms. The minimum absolute atomic E-state index is 0.124. The van der Waals surface area contributed by atoms with Crippen LogP contribution in [0.3, 0.4) is 0 Å². The molecular formula is C14H20N2O4S. The first-order valence-electron chi connectivity index (χ1n) is 6.83. The quantitative estimate of drug-likeness (QED) is 0.901. The van der Waals surface area contributed by atoms with Crippen molar-refractivity contribution in [1.29, 1.82) is 0 Å². The van der Waals surface area contributed by atoms with Crippen molar-refractivity contribution in [3.8, 4) is 0 Å². The standard InChI is InChI=1S/C14H20N2O4S/c1-15(2)11-7-9-16(10-8-11)21(19,20)13-6-4-3-5-12(13)14(17)18/h3-6,11H,7-10H2,1-2H3,(H,17,18). The van der Waals surface area contributed by atoms with Crippen LogP contribution in [0.1, 0.15) is 23.2 Å². The van der Waals surface area contributed by atoms with Crippen LogP contribution >= 0.6 is 0 Å². The molecule has 1 aliphatic rings. The van der Waals surface area contributed by atoms with Crippen molar-refractivity contribution < 1.29 is 18.3 Å². The average molecular weight is 312 g/mol. The van der Waals surface area contributed by atoms with Gasteiger partial charge in [0, 0.05) is 19.1 Å². The molecular weight excluding hydrogens is 292 g/mol. The SMILES string of the molecule is CN(C)C1CCN(S(=O)(=O)c2ccccc2C(=O)O)CC1. The van der Waals surface area contributed by atoms with E-state index >= 15 is 0 Å². The van der Waals surface area contributed by atoms with E-state index in [4.69, 9.17) is 5.11 Å². The zero-order valence-electron chi connectivity index (χ0n) is 12.2. The Labute approximate surface area is 125 Å². The van der Waals surface area contributed by atoms with Crippen LogP contribution in [0.5, 0.6) is 0 Å². The van der Waals surface area contributed by atoms with Crippen molar-refractivity contribution in [2.75, 3.05) is 27.2 Å². The second-order valence-electron chi connectivity index (χ2n) is 5.40. The molecule has 1 aromatic carbocycles. The van der Waals surface area contributed by atoms with E-state index in [-0.39, 0.29) is 10.5 Å². The van der Waals surface area contributed by atoms with Gasteiger partial charge in [0.15, 0.2) is 0 Å². The van der Waals surface area contributed by atoms with Crippen LogP contribution in [0, 0.1) is 0 Å². The van der Waals surface area contributed by atoms with Crippen LogP contribution in [-0.4, -0.2) is 61.9 Å². The maximum atomic E-state index is 12.6. The fraction of sp³-hybridized carbons (Fsp3) is 0.500. The predicted octanol–water partition coefficient (Wildman–Crippen LogP) is 1.10. The largest absolute Gasteiger partial charge is 0.478 e. The molecule has 1 N–H and O–H groups in total. The smallest absolute Gasteiger partial charge is 0.337 e. The molecule has 1 heterocycles. The van der Waals surface area contributed by atoms with E-state index < -0.39 is 16.0 Å². The second-order valence-corrected chi connectivity index (χ2v) is 7.31. The van der Waals surface area contributed by atoms with E-state index in [0.717, 1.165) is 12.8 Å². The molecule has 0 aromatic heterocycles. The van der Waals surface area contributed by atoms with E-state index in [1.165, 1.54) is 22.5 Å². The normalized spacial score (nSPS) is 18.0. The van der Waals surface area contributed by atoms with Crippen LogP contribution in [-0.2, 0) is 10.0 Å². The molecule has 116 valence electrons. The van der Waals surface area contributed by atoms with Crippen molar-refractivity contribution >= 4 is 16.0 Å². The molecule has 1 fully saturated rings. The molecule has 0 unspecified atom stereocenters. The predicted molar refractivity (Wildman–Crippen MR) is 78.9 cm³/mol. The summed E-state index contributed by atoms with van der Waals surface area (Å²) in [4.78, 5) is 13.2. The van der Waals surface area contributed by atoms with Gasteiger partial charge in [-0.1, -0.05) is 12.1 Å². The summed E-state index contributed by atoms with van der Waals surface area (Å²) < 4.78 is 26.7. The highest BCUT2D eigenvalue weighted by atomic mass is 32.2. The Morgan fingerprint density at radius 1 is 1.24 bits per heavy atom. The average Bonchev–Trinajstić information content (AvgIpc) is 2.47. The first-order chi connectivity index (χ1) is 9.84. The molecule has 0 bridgehead atoms. The van der Waals surface area contributed by atoms with Crippen LogP contribution in [0.2, 0.25) is 0 Å². The first kappa shape index (κ1) is 15.9. The Morgan fingerprint density at radius 2 is 1.81 bits per heavy atom. The molecule has 1 aromatic rings. The lowest BCUT2D eigenvalue weighted by Gasteiger charge is -2.34. The Hall–Kier alpha value is -1.44. The topological polar surface area (TPSA) is 77.9 Å². The van der Waals surface area contributed by atoms with Crippen molar-refractivity contribution in [3.05, 3.63) is 29.8 Å². The number of carbonyl (C=O) groups is 1. The minimum atomic E-state index is -3.75. The maximum absolute atomic E-state index is 12.6. The fourth-order valence-corrected chi connectivity index (χ4v) is 4.26. The van der Waals surface area contributed by atoms with Gasteiger partial charge in [-0.25, -0.2) is 13.2 Å². The van der Waals surface area contributed by atoms with Gasteiger partial charge in [0.25, 0.3) is 0 Å². The number of hydrogen-bond acceptors (Lipinski definition) is 4. The molecule has 0 aliphatic carbocycles. The van der Waals surface area contributed by atoms with Gasteiger partial charge in [-0.3, -0.25) is 0 Å². The summed E-state index contributed by atoms with van der Waals surface area (Å²) in [5.41, 5.74) is -0.174. The van der Waals surface area contributed by atoms with Crippen LogP contribution in [0.25, 0.3) is 0 Å². The van der Waals surface area contributed by atoms with Gasteiger partial charge in [-0.2, -0.15) is 4.31 Å². The van der Waals surface area contributed by atoms with Crippen LogP contribution in [0.4, 0.5) is 0 Å². The van der Waals surface area contributed by atoms with E-state index in [0.29, 0.717) is 19.1 Å².